The summed E-state index contributed by atoms with van der Waals surface area (Å²) in [6.07, 6.45) is 3.90. The fourth-order valence-electron chi connectivity index (χ4n) is 3.66. The van der Waals surface area contributed by atoms with E-state index in [-0.39, 0.29) is 11.9 Å². The largest absolute Gasteiger partial charge is 0.465 e. The third kappa shape index (κ3) is 2.55. The van der Waals surface area contributed by atoms with Gasteiger partial charge in [0.25, 0.3) is 0 Å². The van der Waals surface area contributed by atoms with Crippen molar-refractivity contribution in [1.29, 1.82) is 0 Å². The molecule has 2 atom stereocenters. The van der Waals surface area contributed by atoms with Gasteiger partial charge in [0.1, 0.15) is 0 Å². The van der Waals surface area contributed by atoms with Crippen molar-refractivity contribution in [2.75, 3.05) is 20.7 Å². The summed E-state index contributed by atoms with van der Waals surface area (Å²) in [5.74, 6) is 0.643. The summed E-state index contributed by atoms with van der Waals surface area (Å²) < 4.78 is 4.77. The smallest absolute Gasteiger partial charge is 0.337 e. The first kappa shape index (κ1) is 14.1. The molecule has 1 saturated heterocycles. The summed E-state index contributed by atoms with van der Waals surface area (Å²) in [7, 11) is 3.29. The number of carbonyl (C=O) groups is 2. The van der Waals surface area contributed by atoms with E-state index in [4.69, 9.17) is 4.74 Å². The van der Waals surface area contributed by atoms with Crippen molar-refractivity contribution in [3.63, 3.8) is 0 Å². The number of likely N-dealkylation sites (tertiary alicyclic amines) is 1. The Hall–Kier alpha value is -1.84. The lowest BCUT2D eigenvalue weighted by Gasteiger charge is -2.28. The fourth-order valence-corrected chi connectivity index (χ4v) is 3.66. The first-order valence-corrected chi connectivity index (χ1v) is 7.55. The molecule has 2 aliphatic rings. The molecule has 4 heteroatoms. The number of fused-ring (bicyclic) bond motifs is 1. The lowest BCUT2D eigenvalue weighted by atomic mass is 9.76. The van der Waals surface area contributed by atoms with Crippen LogP contribution in [0.3, 0.4) is 0 Å². The third-order valence-electron chi connectivity index (χ3n) is 4.93. The van der Waals surface area contributed by atoms with E-state index in [9.17, 15) is 9.59 Å². The van der Waals surface area contributed by atoms with Crippen molar-refractivity contribution in [3.8, 4) is 0 Å². The predicted octanol–water partition coefficient (Wildman–Crippen LogP) is 2.06. The monoisotopic (exact) mass is 287 g/mol. The maximum atomic E-state index is 12.2. The molecule has 21 heavy (non-hydrogen) atoms. The van der Waals surface area contributed by atoms with Crippen molar-refractivity contribution in [3.05, 3.63) is 34.9 Å². The molecule has 3 rings (SSSR count). The van der Waals surface area contributed by atoms with Gasteiger partial charge in [-0.25, -0.2) is 4.79 Å². The SMILES string of the molecule is COC(=O)c1ccc2c(c1)CCC(C1CCN(C)C1=O)C2. The Morgan fingerprint density at radius 1 is 1.29 bits per heavy atom. The van der Waals surface area contributed by atoms with Crippen LogP contribution in [0.25, 0.3) is 0 Å². The van der Waals surface area contributed by atoms with Crippen molar-refractivity contribution < 1.29 is 14.3 Å². The predicted molar refractivity (Wildman–Crippen MR) is 79.0 cm³/mol. The molecule has 1 heterocycles. The Morgan fingerprint density at radius 2 is 2.10 bits per heavy atom. The molecule has 1 amide bonds. The molecule has 0 saturated carbocycles. The minimum atomic E-state index is -0.285. The number of carbonyl (C=O) groups excluding carboxylic acids is 2. The van der Waals surface area contributed by atoms with Gasteiger partial charge in [-0.15, -0.1) is 0 Å². The first-order chi connectivity index (χ1) is 10.1. The highest BCUT2D eigenvalue weighted by Crippen LogP contribution is 2.35. The molecular formula is C17H21NO3. The van der Waals surface area contributed by atoms with Crippen LogP contribution in [0, 0.1) is 11.8 Å². The van der Waals surface area contributed by atoms with E-state index in [0.717, 1.165) is 32.2 Å². The molecule has 1 aliphatic carbocycles. The molecule has 1 aliphatic heterocycles. The number of amides is 1. The number of rotatable bonds is 2. The van der Waals surface area contributed by atoms with Crippen LogP contribution in [-0.2, 0) is 22.4 Å². The molecule has 2 unspecified atom stereocenters. The Labute approximate surface area is 125 Å². The van der Waals surface area contributed by atoms with Crippen molar-refractivity contribution in [1.82, 2.24) is 4.90 Å². The van der Waals surface area contributed by atoms with Crippen molar-refractivity contribution in [2.24, 2.45) is 11.8 Å². The Kier molecular flexibility index (Phi) is 3.70. The highest BCUT2D eigenvalue weighted by Gasteiger charge is 2.36. The van der Waals surface area contributed by atoms with Crippen molar-refractivity contribution >= 4 is 11.9 Å². The maximum absolute atomic E-state index is 12.2. The highest BCUT2D eigenvalue weighted by molar-refractivity contribution is 5.89. The van der Waals surface area contributed by atoms with Crippen LogP contribution >= 0.6 is 0 Å². The average Bonchev–Trinajstić information content (AvgIpc) is 2.85. The normalized spacial score (nSPS) is 24.9. The van der Waals surface area contributed by atoms with Crippen LogP contribution in [0.2, 0.25) is 0 Å². The van der Waals surface area contributed by atoms with E-state index >= 15 is 0 Å². The maximum Gasteiger partial charge on any atom is 0.337 e. The van der Waals surface area contributed by atoms with E-state index < -0.39 is 0 Å². The van der Waals surface area contributed by atoms with E-state index in [2.05, 4.69) is 0 Å². The summed E-state index contributed by atoms with van der Waals surface area (Å²) in [5.41, 5.74) is 3.13. The van der Waals surface area contributed by atoms with E-state index in [0.29, 0.717) is 17.4 Å². The molecule has 0 radical (unpaired) electrons. The molecule has 0 spiro atoms. The molecule has 4 nitrogen and oxygen atoms in total. The van der Waals surface area contributed by atoms with Gasteiger partial charge in [-0.05, 0) is 54.9 Å². The summed E-state index contributed by atoms with van der Waals surface area (Å²) in [6.45, 7) is 0.883. The number of hydrogen-bond donors (Lipinski definition) is 0. The lowest BCUT2D eigenvalue weighted by molar-refractivity contribution is -0.131. The van der Waals surface area contributed by atoms with Crippen LogP contribution in [-0.4, -0.2) is 37.5 Å². The fraction of sp³-hybridized carbons (Fsp3) is 0.529. The number of benzene rings is 1. The molecular weight excluding hydrogens is 266 g/mol. The zero-order valence-electron chi connectivity index (χ0n) is 12.6. The minimum Gasteiger partial charge on any atom is -0.465 e. The number of methoxy groups -OCH3 is 1. The lowest BCUT2D eigenvalue weighted by Crippen LogP contribution is -2.30. The second-order valence-electron chi connectivity index (χ2n) is 6.13. The summed E-state index contributed by atoms with van der Waals surface area (Å²) in [6, 6.07) is 5.80. The molecule has 112 valence electrons. The molecule has 1 aromatic rings. The van der Waals surface area contributed by atoms with Gasteiger partial charge in [-0.1, -0.05) is 6.07 Å². The molecule has 1 aromatic carbocycles. The van der Waals surface area contributed by atoms with Gasteiger partial charge < -0.3 is 9.64 Å². The molecule has 1 fully saturated rings. The number of esters is 1. The molecule has 0 aromatic heterocycles. The molecule has 0 bridgehead atoms. The van der Waals surface area contributed by atoms with Crippen LogP contribution in [0.1, 0.15) is 34.3 Å². The van der Waals surface area contributed by atoms with Gasteiger partial charge in [0.15, 0.2) is 0 Å². The zero-order valence-corrected chi connectivity index (χ0v) is 12.6. The Bertz CT molecular complexity index is 581. The summed E-state index contributed by atoms with van der Waals surface area (Å²) in [4.78, 5) is 25.6. The van der Waals surface area contributed by atoms with Gasteiger partial charge >= 0.3 is 5.97 Å². The number of hydrogen-bond acceptors (Lipinski definition) is 3. The van der Waals surface area contributed by atoms with Gasteiger partial charge in [0.05, 0.1) is 12.7 Å². The van der Waals surface area contributed by atoms with E-state index in [1.54, 1.807) is 0 Å². The minimum absolute atomic E-state index is 0.184. The number of aryl methyl sites for hydroxylation is 1. The second-order valence-corrected chi connectivity index (χ2v) is 6.13. The van der Waals surface area contributed by atoms with Crippen LogP contribution < -0.4 is 0 Å². The van der Waals surface area contributed by atoms with Crippen LogP contribution in [0.4, 0.5) is 0 Å². The Morgan fingerprint density at radius 3 is 2.76 bits per heavy atom. The highest BCUT2D eigenvalue weighted by atomic mass is 16.5. The topological polar surface area (TPSA) is 46.6 Å². The second kappa shape index (κ2) is 5.51. The van der Waals surface area contributed by atoms with E-state index in [1.165, 1.54) is 18.2 Å². The van der Waals surface area contributed by atoms with Crippen LogP contribution in [0.15, 0.2) is 18.2 Å². The third-order valence-corrected chi connectivity index (χ3v) is 4.93. The van der Waals surface area contributed by atoms with Gasteiger partial charge in [0.2, 0.25) is 5.91 Å². The van der Waals surface area contributed by atoms with Gasteiger partial charge in [0, 0.05) is 19.5 Å². The van der Waals surface area contributed by atoms with Gasteiger partial charge in [-0.2, -0.15) is 0 Å². The van der Waals surface area contributed by atoms with Gasteiger partial charge in [-0.3, -0.25) is 4.79 Å². The zero-order chi connectivity index (χ0) is 15.0. The first-order valence-electron chi connectivity index (χ1n) is 7.55. The number of nitrogens with zero attached hydrogens (tertiary/aromatic N) is 1. The quantitative estimate of drug-likeness (QED) is 0.782. The standard InChI is InChI=1S/C17H21NO3/c1-18-8-7-15(16(18)19)13-5-3-12-10-14(17(20)21-2)6-4-11(12)9-13/h4,6,10,13,15H,3,5,7-9H2,1-2H3. The average molecular weight is 287 g/mol. The van der Waals surface area contributed by atoms with E-state index in [1.807, 2.05) is 30.1 Å². The number of ether oxygens (including phenoxy) is 1. The Balaban J connectivity index is 1.77. The van der Waals surface area contributed by atoms with Crippen LogP contribution in [0.5, 0.6) is 0 Å². The summed E-state index contributed by atoms with van der Waals surface area (Å²) in [5, 5.41) is 0. The van der Waals surface area contributed by atoms with Crippen molar-refractivity contribution in [2.45, 2.75) is 25.7 Å². The summed E-state index contributed by atoms with van der Waals surface area (Å²) >= 11 is 0. The molecule has 0 N–H and O–H groups in total.